The van der Waals surface area contributed by atoms with Crippen molar-refractivity contribution in [2.24, 2.45) is 0 Å². The Labute approximate surface area is 131 Å². The number of ether oxygens (including phenoxy) is 1. The number of aliphatic hydroxyl groups is 1. The number of hydrogen-bond acceptors (Lipinski definition) is 4. The lowest BCUT2D eigenvalue weighted by Gasteiger charge is -2.24. The summed E-state index contributed by atoms with van der Waals surface area (Å²) in [7, 11) is 0. The molecule has 1 aromatic carbocycles. The molecule has 0 aromatic heterocycles. The third-order valence-corrected chi connectivity index (χ3v) is 2.93. The standard InChI is InChI=1S/C15H18F3NO4/c1-3-23-12(21)6-7-19(8-9(2)20)15(22)10-4-5-11(16)14(18)13(10)17/h4-5,9,20H,3,6-8H2,1-2H3. The van der Waals surface area contributed by atoms with Crippen molar-refractivity contribution < 1.29 is 32.6 Å². The van der Waals surface area contributed by atoms with Gasteiger partial charge in [-0.1, -0.05) is 0 Å². The number of halogens is 3. The Hall–Kier alpha value is -2.09. The predicted molar refractivity (Wildman–Crippen MR) is 75.2 cm³/mol. The van der Waals surface area contributed by atoms with Crippen LogP contribution in [-0.2, 0) is 9.53 Å². The molecule has 23 heavy (non-hydrogen) atoms. The Morgan fingerprint density at radius 2 is 1.91 bits per heavy atom. The minimum atomic E-state index is -1.75. The van der Waals surface area contributed by atoms with Crippen LogP contribution in [0.5, 0.6) is 0 Å². The molecule has 8 heteroatoms. The lowest BCUT2D eigenvalue weighted by Crippen LogP contribution is -2.38. The Bertz CT molecular complexity index is 578. The first-order chi connectivity index (χ1) is 10.8. The number of nitrogens with zero attached hydrogens (tertiary/aromatic N) is 1. The maximum Gasteiger partial charge on any atom is 0.307 e. The molecule has 5 nitrogen and oxygen atoms in total. The molecule has 0 heterocycles. The van der Waals surface area contributed by atoms with Crippen LogP contribution in [0.4, 0.5) is 13.2 Å². The molecule has 0 aliphatic carbocycles. The van der Waals surface area contributed by atoms with Gasteiger partial charge in [-0.25, -0.2) is 13.2 Å². The van der Waals surface area contributed by atoms with Crippen LogP contribution < -0.4 is 0 Å². The average Bonchev–Trinajstić information content (AvgIpc) is 2.48. The van der Waals surface area contributed by atoms with Gasteiger partial charge < -0.3 is 14.7 Å². The maximum atomic E-state index is 13.7. The van der Waals surface area contributed by atoms with E-state index in [2.05, 4.69) is 0 Å². The summed E-state index contributed by atoms with van der Waals surface area (Å²) in [6.45, 7) is 2.83. The quantitative estimate of drug-likeness (QED) is 0.611. The zero-order chi connectivity index (χ0) is 17.6. The van der Waals surface area contributed by atoms with Crippen LogP contribution in [0, 0.1) is 17.5 Å². The van der Waals surface area contributed by atoms with Gasteiger partial charge in [0.1, 0.15) is 0 Å². The maximum absolute atomic E-state index is 13.7. The fourth-order valence-corrected chi connectivity index (χ4v) is 1.92. The molecule has 0 radical (unpaired) electrons. The van der Waals surface area contributed by atoms with Crippen LogP contribution in [-0.4, -0.2) is 47.7 Å². The van der Waals surface area contributed by atoms with Crippen molar-refractivity contribution in [1.82, 2.24) is 4.90 Å². The fourth-order valence-electron chi connectivity index (χ4n) is 1.92. The van der Waals surface area contributed by atoms with Crippen LogP contribution >= 0.6 is 0 Å². The number of rotatable bonds is 7. The first-order valence-corrected chi connectivity index (χ1v) is 7.04. The number of carbonyl (C=O) groups excluding carboxylic acids is 2. The van der Waals surface area contributed by atoms with Gasteiger partial charge in [-0.2, -0.15) is 0 Å². The summed E-state index contributed by atoms with van der Waals surface area (Å²) < 4.78 is 44.6. The second-order valence-electron chi connectivity index (χ2n) is 4.88. The minimum absolute atomic E-state index is 0.152. The third-order valence-electron chi connectivity index (χ3n) is 2.93. The van der Waals surface area contributed by atoms with Crippen LogP contribution in [0.1, 0.15) is 30.6 Å². The molecular formula is C15H18F3NO4. The topological polar surface area (TPSA) is 66.8 Å². The first-order valence-electron chi connectivity index (χ1n) is 7.04. The summed E-state index contributed by atoms with van der Waals surface area (Å²) in [5, 5.41) is 9.42. The van der Waals surface area contributed by atoms with E-state index in [-0.39, 0.29) is 26.1 Å². The van der Waals surface area contributed by atoms with E-state index in [1.54, 1.807) is 6.92 Å². The zero-order valence-corrected chi connectivity index (χ0v) is 12.8. The van der Waals surface area contributed by atoms with Gasteiger partial charge in [-0.05, 0) is 26.0 Å². The van der Waals surface area contributed by atoms with Crippen LogP contribution in [0.15, 0.2) is 12.1 Å². The molecule has 0 bridgehead atoms. The van der Waals surface area contributed by atoms with E-state index in [1.165, 1.54) is 6.92 Å². The molecule has 0 fully saturated rings. The van der Waals surface area contributed by atoms with Crippen molar-refractivity contribution in [3.8, 4) is 0 Å². The molecule has 1 atom stereocenters. The normalized spacial score (nSPS) is 11.9. The van der Waals surface area contributed by atoms with Crippen LogP contribution in [0.2, 0.25) is 0 Å². The van der Waals surface area contributed by atoms with E-state index in [1.807, 2.05) is 0 Å². The Morgan fingerprint density at radius 3 is 2.48 bits per heavy atom. The van der Waals surface area contributed by atoms with Crippen molar-refractivity contribution in [1.29, 1.82) is 0 Å². The second kappa shape index (κ2) is 8.52. The highest BCUT2D eigenvalue weighted by Crippen LogP contribution is 2.17. The summed E-state index contributed by atoms with van der Waals surface area (Å²) in [5.41, 5.74) is -0.673. The fraction of sp³-hybridized carbons (Fsp3) is 0.467. The van der Waals surface area contributed by atoms with Crippen molar-refractivity contribution in [2.45, 2.75) is 26.4 Å². The molecule has 0 aliphatic rings. The SMILES string of the molecule is CCOC(=O)CCN(CC(C)O)C(=O)c1ccc(F)c(F)c1F. The van der Waals surface area contributed by atoms with Crippen LogP contribution in [0.3, 0.4) is 0 Å². The smallest absolute Gasteiger partial charge is 0.307 e. The molecule has 1 aromatic rings. The third kappa shape index (κ3) is 5.24. The molecule has 1 amide bonds. The largest absolute Gasteiger partial charge is 0.466 e. The molecule has 1 rings (SSSR count). The number of amides is 1. The molecule has 128 valence electrons. The van der Waals surface area contributed by atoms with Gasteiger partial charge in [0.25, 0.3) is 5.91 Å². The van der Waals surface area contributed by atoms with E-state index in [0.717, 1.165) is 11.0 Å². The molecule has 1 N–H and O–H groups in total. The molecule has 0 spiro atoms. The molecule has 0 aliphatic heterocycles. The number of hydrogen-bond donors (Lipinski definition) is 1. The van der Waals surface area contributed by atoms with E-state index in [9.17, 15) is 27.9 Å². The van der Waals surface area contributed by atoms with E-state index in [0.29, 0.717) is 6.07 Å². The first kappa shape index (κ1) is 19.0. The summed E-state index contributed by atoms with van der Waals surface area (Å²) in [4.78, 5) is 24.6. The molecular weight excluding hydrogens is 315 g/mol. The summed E-state index contributed by atoms with van der Waals surface area (Å²) in [6.07, 6.45) is -1.12. The van der Waals surface area contributed by atoms with Gasteiger partial charge in [0, 0.05) is 13.1 Å². The molecule has 0 saturated heterocycles. The van der Waals surface area contributed by atoms with Gasteiger partial charge in [-0.3, -0.25) is 9.59 Å². The average molecular weight is 333 g/mol. The molecule has 1 unspecified atom stereocenters. The Kier molecular flexibility index (Phi) is 7.02. The van der Waals surface area contributed by atoms with Crippen molar-refractivity contribution in [3.63, 3.8) is 0 Å². The van der Waals surface area contributed by atoms with Crippen LogP contribution in [0.25, 0.3) is 0 Å². The van der Waals surface area contributed by atoms with Gasteiger partial charge in [0.15, 0.2) is 17.5 Å². The van der Waals surface area contributed by atoms with Gasteiger partial charge >= 0.3 is 5.97 Å². The Balaban J connectivity index is 2.95. The lowest BCUT2D eigenvalue weighted by atomic mass is 10.1. The number of benzene rings is 1. The summed E-state index contributed by atoms with van der Waals surface area (Å²) in [5.74, 6) is -6.29. The number of carbonyl (C=O) groups is 2. The number of esters is 1. The highest BCUT2D eigenvalue weighted by molar-refractivity contribution is 5.94. The predicted octanol–water partition coefficient (Wildman–Crippen LogP) is 1.88. The van der Waals surface area contributed by atoms with Gasteiger partial charge in [-0.15, -0.1) is 0 Å². The zero-order valence-electron chi connectivity index (χ0n) is 12.8. The van der Waals surface area contributed by atoms with E-state index < -0.39 is 41.0 Å². The summed E-state index contributed by atoms with van der Waals surface area (Å²) >= 11 is 0. The van der Waals surface area contributed by atoms with E-state index in [4.69, 9.17) is 4.74 Å². The summed E-state index contributed by atoms with van der Waals surface area (Å²) in [6, 6.07) is 1.45. The van der Waals surface area contributed by atoms with E-state index >= 15 is 0 Å². The van der Waals surface area contributed by atoms with Gasteiger partial charge in [0.05, 0.1) is 24.7 Å². The minimum Gasteiger partial charge on any atom is -0.466 e. The highest BCUT2D eigenvalue weighted by Gasteiger charge is 2.24. The van der Waals surface area contributed by atoms with Crippen molar-refractivity contribution in [2.75, 3.05) is 19.7 Å². The second-order valence-corrected chi connectivity index (χ2v) is 4.88. The number of aliphatic hydroxyl groups excluding tert-OH is 1. The van der Waals surface area contributed by atoms with Gasteiger partial charge in [0.2, 0.25) is 0 Å². The monoisotopic (exact) mass is 333 g/mol. The lowest BCUT2D eigenvalue weighted by molar-refractivity contribution is -0.143. The Morgan fingerprint density at radius 1 is 1.26 bits per heavy atom. The highest BCUT2D eigenvalue weighted by atomic mass is 19.2. The molecule has 0 saturated carbocycles. The van der Waals surface area contributed by atoms with Crippen molar-refractivity contribution >= 4 is 11.9 Å². The van der Waals surface area contributed by atoms with Crippen molar-refractivity contribution in [3.05, 3.63) is 35.1 Å².